The van der Waals surface area contributed by atoms with E-state index in [0.29, 0.717) is 0 Å². The number of alkyl halides is 2. The van der Waals surface area contributed by atoms with Crippen molar-refractivity contribution in [3.8, 4) is 0 Å². The van der Waals surface area contributed by atoms with Crippen LogP contribution in [0.2, 0.25) is 0 Å². The van der Waals surface area contributed by atoms with Crippen LogP contribution in [0, 0.1) is 5.92 Å². The minimum absolute atomic E-state index is 0.0769. The normalized spacial score (nSPS) is 21.7. The molecule has 1 rings (SSSR count). The molecule has 0 saturated carbocycles. The van der Waals surface area contributed by atoms with Crippen molar-refractivity contribution in [3.05, 3.63) is 0 Å². The highest BCUT2D eigenvalue weighted by Gasteiger charge is 2.43. The van der Waals surface area contributed by atoms with Crippen molar-refractivity contribution in [1.82, 2.24) is 0 Å². The number of ether oxygens (including phenoxy) is 1. The van der Waals surface area contributed by atoms with E-state index < -0.39 is 18.4 Å². The van der Waals surface area contributed by atoms with Crippen molar-refractivity contribution in [2.24, 2.45) is 5.92 Å². The summed E-state index contributed by atoms with van der Waals surface area (Å²) in [4.78, 5) is 0. The molecule has 1 heterocycles. The number of rotatable bonds is 2. The molecule has 0 aromatic carbocycles. The van der Waals surface area contributed by atoms with Gasteiger partial charge >= 0.3 is 0 Å². The van der Waals surface area contributed by atoms with E-state index in [4.69, 9.17) is 5.11 Å². The molecular formula is C5H8F2O2. The molecule has 4 heteroatoms. The van der Waals surface area contributed by atoms with Gasteiger partial charge in [0.2, 0.25) is 0 Å². The lowest BCUT2D eigenvalue weighted by atomic mass is 10.0. The molecule has 0 bridgehead atoms. The first-order valence-electron chi connectivity index (χ1n) is 2.73. The second-order valence-electron chi connectivity index (χ2n) is 2.15. The van der Waals surface area contributed by atoms with Crippen LogP contribution in [0.4, 0.5) is 8.78 Å². The standard InChI is InChI=1S/C5H8F2O2/c6-5(7,3-8)4-1-9-2-4/h4,8H,1-3H2. The van der Waals surface area contributed by atoms with E-state index in [9.17, 15) is 8.78 Å². The van der Waals surface area contributed by atoms with Crippen molar-refractivity contribution in [2.45, 2.75) is 5.92 Å². The van der Waals surface area contributed by atoms with Gasteiger partial charge in [0.1, 0.15) is 6.61 Å². The summed E-state index contributed by atoms with van der Waals surface area (Å²) >= 11 is 0. The first kappa shape index (κ1) is 6.89. The lowest BCUT2D eigenvalue weighted by molar-refractivity contribution is -0.186. The van der Waals surface area contributed by atoms with Crippen molar-refractivity contribution < 1.29 is 18.6 Å². The molecule has 0 radical (unpaired) electrons. The topological polar surface area (TPSA) is 29.5 Å². The summed E-state index contributed by atoms with van der Waals surface area (Å²) in [6, 6.07) is 0. The van der Waals surface area contributed by atoms with Gasteiger partial charge in [-0.3, -0.25) is 0 Å². The first-order chi connectivity index (χ1) is 4.17. The number of aliphatic hydroxyl groups excluding tert-OH is 1. The van der Waals surface area contributed by atoms with Crippen molar-refractivity contribution in [2.75, 3.05) is 19.8 Å². The zero-order chi connectivity index (χ0) is 6.91. The molecule has 0 aromatic rings. The fraction of sp³-hybridized carbons (Fsp3) is 1.00. The Morgan fingerprint density at radius 3 is 2.22 bits per heavy atom. The predicted octanol–water partition coefficient (Wildman–Crippen LogP) is 0.260. The summed E-state index contributed by atoms with van der Waals surface area (Å²) in [6.07, 6.45) is 0. The van der Waals surface area contributed by atoms with Crippen LogP contribution in [0.5, 0.6) is 0 Å². The monoisotopic (exact) mass is 138 g/mol. The third kappa shape index (κ3) is 1.19. The van der Waals surface area contributed by atoms with Crippen LogP contribution in [0.3, 0.4) is 0 Å². The average Bonchev–Trinajstić information content (AvgIpc) is 1.60. The SMILES string of the molecule is OCC(F)(F)C1COC1. The Kier molecular flexibility index (Phi) is 1.68. The summed E-state index contributed by atoms with van der Waals surface area (Å²) in [5, 5.41) is 8.12. The van der Waals surface area contributed by atoms with Crippen LogP contribution < -0.4 is 0 Å². The van der Waals surface area contributed by atoms with Gasteiger partial charge in [0.25, 0.3) is 5.92 Å². The van der Waals surface area contributed by atoms with Gasteiger partial charge in [-0.15, -0.1) is 0 Å². The highest BCUT2D eigenvalue weighted by atomic mass is 19.3. The van der Waals surface area contributed by atoms with Crippen LogP contribution in [0.15, 0.2) is 0 Å². The zero-order valence-electron chi connectivity index (χ0n) is 4.81. The molecule has 0 spiro atoms. The second kappa shape index (κ2) is 2.19. The van der Waals surface area contributed by atoms with Gasteiger partial charge in [-0.05, 0) is 0 Å². The highest BCUT2D eigenvalue weighted by molar-refractivity contribution is 4.80. The van der Waals surface area contributed by atoms with Gasteiger partial charge in [-0.25, -0.2) is 8.78 Å². The maximum atomic E-state index is 12.3. The minimum atomic E-state index is -2.93. The Hall–Kier alpha value is -0.220. The van der Waals surface area contributed by atoms with E-state index in [0.717, 1.165) is 0 Å². The number of hydrogen-bond acceptors (Lipinski definition) is 2. The van der Waals surface area contributed by atoms with Gasteiger partial charge in [0, 0.05) is 0 Å². The molecule has 0 unspecified atom stereocenters. The maximum absolute atomic E-state index is 12.3. The van der Waals surface area contributed by atoms with Gasteiger partial charge in [-0.1, -0.05) is 0 Å². The molecule has 2 nitrogen and oxygen atoms in total. The van der Waals surface area contributed by atoms with E-state index in [1.54, 1.807) is 0 Å². The quantitative estimate of drug-likeness (QED) is 0.593. The summed E-state index contributed by atoms with van der Waals surface area (Å²) in [5.41, 5.74) is 0. The van der Waals surface area contributed by atoms with E-state index >= 15 is 0 Å². The molecule has 1 aliphatic rings. The predicted molar refractivity (Wildman–Crippen MR) is 26.3 cm³/mol. The summed E-state index contributed by atoms with van der Waals surface area (Å²) in [6.45, 7) is -0.915. The highest BCUT2D eigenvalue weighted by Crippen LogP contribution is 2.29. The van der Waals surface area contributed by atoms with Crippen molar-refractivity contribution >= 4 is 0 Å². The average molecular weight is 138 g/mol. The third-order valence-electron chi connectivity index (χ3n) is 1.45. The minimum Gasteiger partial charge on any atom is -0.390 e. The Bertz CT molecular complexity index is 101. The smallest absolute Gasteiger partial charge is 0.277 e. The Balaban J connectivity index is 2.37. The van der Waals surface area contributed by atoms with E-state index in [-0.39, 0.29) is 13.2 Å². The molecule has 1 aliphatic heterocycles. The van der Waals surface area contributed by atoms with Crippen molar-refractivity contribution in [1.29, 1.82) is 0 Å². The van der Waals surface area contributed by atoms with Crippen LogP contribution in [-0.2, 0) is 4.74 Å². The van der Waals surface area contributed by atoms with Gasteiger partial charge in [-0.2, -0.15) is 0 Å². The van der Waals surface area contributed by atoms with Crippen LogP contribution >= 0.6 is 0 Å². The molecule has 0 aliphatic carbocycles. The number of aliphatic hydroxyl groups is 1. The molecule has 0 aromatic heterocycles. The van der Waals surface area contributed by atoms with Crippen LogP contribution in [0.1, 0.15) is 0 Å². The van der Waals surface area contributed by atoms with Crippen molar-refractivity contribution in [3.63, 3.8) is 0 Å². The maximum Gasteiger partial charge on any atom is 0.277 e. The molecule has 9 heavy (non-hydrogen) atoms. The fourth-order valence-electron chi connectivity index (χ4n) is 0.609. The number of halogens is 2. The Morgan fingerprint density at radius 2 is 2.11 bits per heavy atom. The summed E-state index contributed by atoms with van der Waals surface area (Å²) in [7, 11) is 0. The summed E-state index contributed by atoms with van der Waals surface area (Å²) < 4.78 is 29.1. The first-order valence-corrected chi connectivity index (χ1v) is 2.73. The Morgan fingerprint density at radius 1 is 1.56 bits per heavy atom. The molecule has 1 fully saturated rings. The summed E-state index contributed by atoms with van der Waals surface area (Å²) in [5.74, 6) is -3.69. The number of hydrogen-bond donors (Lipinski definition) is 1. The largest absolute Gasteiger partial charge is 0.390 e. The van der Waals surface area contributed by atoms with Gasteiger partial charge in [0.15, 0.2) is 0 Å². The van der Waals surface area contributed by atoms with Crippen LogP contribution in [-0.4, -0.2) is 30.8 Å². The van der Waals surface area contributed by atoms with E-state index in [1.165, 1.54) is 0 Å². The van der Waals surface area contributed by atoms with E-state index in [1.807, 2.05) is 0 Å². The van der Waals surface area contributed by atoms with Gasteiger partial charge in [0.05, 0.1) is 19.1 Å². The molecule has 1 saturated heterocycles. The molecule has 1 N–H and O–H groups in total. The van der Waals surface area contributed by atoms with E-state index in [2.05, 4.69) is 4.74 Å². The molecular weight excluding hydrogens is 130 g/mol. The lowest BCUT2D eigenvalue weighted by Gasteiger charge is -2.31. The Labute approximate surface area is 51.4 Å². The lowest BCUT2D eigenvalue weighted by Crippen LogP contribution is -2.44. The molecule has 0 amide bonds. The molecule has 54 valence electrons. The molecule has 0 atom stereocenters. The van der Waals surface area contributed by atoms with Gasteiger partial charge < -0.3 is 9.84 Å². The second-order valence-corrected chi connectivity index (χ2v) is 2.15. The fourth-order valence-corrected chi connectivity index (χ4v) is 0.609. The third-order valence-corrected chi connectivity index (χ3v) is 1.45. The zero-order valence-corrected chi connectivity index (χ0v) is 4.81. The van der Waals surface area contributed by atoms with Crippen LogP contribution in [0.25, 0.3) is 0 Å².